The Balaban J connectivity index is 1.98. The molecular weight excluding hydrogens is 190 g/mol. The molecule has 0 aromatic heterocycles. The van der Waals surface area contributed by atoms with E-state index in [1.54, 1.807) is 0 Å². The van der Waals surface area contributed by atoms with Crippen LogP contribution in [0.25, 0.3) is 0 Å². The molecule has 1 aliphatic heterocycles. The van der Waals surface area contributed by atoms with Gasteiger partial charge in [-0.3, -0.25) is 4.79 Å². The number of oxime groups is 1. The smallest absolute Gasteiger partial charge is 0.146 e. The zero-order valence-corrected chi connectivity index (χ0v) is 8.22. The van der Waals surface area contributed by atoms with Crippen molar-refractivity contribution in [2.24, 2.45) is 11.1 Å². The second-order valence-electron chi connectivity index (χ2n) is 3.97. The Morgan fingerprint density at radius 1 is 1.27 bits per heavy atom. The van der Waals surface area contributed by atoms with Crippen molar-refractivity contribution in [3.63, 3.8) is 0 Å². The molecule has 3 nitrogen and oxygen atoms in total. The zero-order chi connectivity index (χ0) is 10.3. The van der Waals surface area contributed by atoms with Gasteiger partial charge in [0.2, 0.25) is 0 Å². The van der Waals surface area contributed by atoms with Gasteiger partial charge in [-0.15, -0.1) is 0 Å². The Hall–Kier alpha value is -1.64. The van der Waals surface area contributed by atoms with Crippen LogP contribution < -0.4 is 0 Å². The fraction of sp³-hybridized carbons (Fsp3) is 0.333. The molecule has 0 unspecified atom stereocenters. The van der Waals surface area contributed by atoms with E-state index in [0.29, 0.717) is 6.42 Å². The largest absolute Gasteiger partial charge is 0.391 e. The lowest BCUT2D eigenvalue weighted by Crippen LogP contribution is -2.23. The monoisotopic (exact) mass is 201 g/mol. The van der Waals surface area contributed by atoms with Crippen molar-refractivity contribution in [2.75, 3.05) is 0 Å². The maximum Gasteiger partial charge on any atom is 0.146 e. The molecule has 0 bridgehead atoms. The lowest BCUT2D eigenvalue weighted by Gasteiger charge is -2.07. The van der Waals surface area contributed by atoms with Gasteiger partial charge in [0.25, 0.3) is 0 Å². The molecule has 1 aromatic rings. The highest BCUT2D eigenvalue weighted by atomic mass is 16.6. The Labute approximate surface area is 87.7 Å². The predicted octanol–water partition coefficient (Wildman–Crippen LogP) is 1.77. The van der Waals surface area contributed by atoms with Crippen molar-refractivity contribution < 1.29 is 9.63 Å². The number of benzene rings is 1. The van der Waals surface area contributed by atoms with E-state index in [9.17, 15) is 4.79 Å². The number of nitrogens with zero attached hydrogens (tertiary/aromatic N) is 1. The summed E-state index contributed by atoms with van der Waals surface area (Å²) in [7, 11) is 0. The van der Waals surface area contributed by atoms with E-state index in [-0.39, 0.29) is 17.8 Å². The van der Waals surface area contributed by atoms with E-state index < -0.39 is 0 Å². The van der Waals surface area contributed by atoms with Crippen LogP contribution in [0.15, 0.2) is 35.5 Å². The Morgan fingerprint density at radius 3 is 2.87 bits per heavy atom. The SMILES string of the molecule is O=C1CC[C@@H]2ON=C(c3ccccc3)[C@H]12. The van der Waals surface area contributed by atoms with E-state index in [1.165, 1.54) is 0 Å². The van der Waals surface area contributed by atoms with Gasteiger partial charge in [-0.25, -0.2) is 0 Å². The van der Waals surface area contributed by atoms with E-state index in [4.69, 9.17) is 4.84 Å². The third-order valence-electron chi connectivity index (χ3n) is 3.04. The first-order valence-electron chi connectivity index (χ1n) is 5.18. The van der Waals surface area contributed by atoms with Gasteiger partial charge in [-0.05, 0) is 6.42 Å². The Kier molecular flexibility index (Phi) is 1.84. The molecule has 1 heterocycles. The van der Waals surface area contributed by atoms with E-state index in [2.05, 4.69) is 5.16 Å². The first-order valence-corrected chi connectivity index (χ1v) is 5.18. The van der Waals surface area contributed by atoms with Crippen LogP contribution in [0.2, 0.25) is 0 Å². The molecular formula is C12H11NO2. The van der Waals surface area contributed by atoms with Gasteiger partial charge in [-0.2, -0.15) is 0 Å². The first-order chi connectivity index (χ1) is 7.36. The highest BCUT2D eigenvalue weighted by Crippen LogP contribution is 2.33. The van der Waals surface area contributed by atoms with Gasteiger partial charge >= 0.3 is 0 Å². The summed E-state index contributed by atoms with van der Waals surface area (Å²) in [6, 6.07) is 9.79. The number of ketones is 1. The van der Waals surface area contributed by atoms with Crippen LogP contribution in [-0.4, -0.2) is 17.6 Å². The molecule has 3 heteroatoms. The number of carbonyl (C=O) groups excluding carboxylic acids is 1. The lowest BCUT2D eigenvalue weighted by atomic mass is 9.94. The highest BCUT2D eigenvalue weighted by molar-refractivity contribution is 6.15. The minimum absolute atomic E-state index is 0.00675. The second-order valence-corrected chi connectivity index (χ2v) is 3.97. The van der Waals surface area contributed by atoms with Gasteiger partial charge in [0.1, 0.15) is 23.5 Å². The topological polar surface area (TPSA) is 38.7 Å². The van der Waals surface area contributed by atoms with Crippen LogP contribution >= 0.6 is 0 Å². The maximum absolute atomic E-state index is 11.7. The number of carbonyl (C=O) groups is 1. The highest BCUT2D eigenvalue weighted by Gasteiger charge is 2.44. The molecule has 1 aromatic carbocycles. The van der Waals surface area contributed by atoms with Crippen LogP contribution in [0.5, 0.6) is 0 Å². The quantitative estimate of drug-likeness (QED) is 0.694. The zero-order valence-electron chi connectivity index (χ0n) is 8.22. The summed E-state index contributed by atoms with van der Waals surface area (Å²) in [6.07, 6.45) is 1.43. The molecule has 0 saturated heterocycles. The number of Topliss-reactive ketones (excluding diaryl/α,β-unsaturated/α-hetero) is 1. The van der Waals surface area contributed by atoms with Crippen molar-refractivity contribution in [1.29, 1.82) is 0 Å². The van der Waals surface area contributed by atoms with Crippen molar-refractivity contribution in [3.05, 3.63) is 35.9 Å². The normalized spacial score (nSPS) is 28.5. The molecule has 0 amide bonds. The van der Waals surface area contributed by atoms with E-state index in [1.807, 2.05) is 30.3 Å². The molecule has 1 aliphatic carbocycles. The standard InChI is InChI=1S/C12H11NO2/c14-9-6-7-10-11(9)12(13-15-10)8-4-2-1-3-5-8/h1-5,10-11H,6-7H2/t10-,11+/m0/s1. The number of hydrogen-bond acceptors (Lipinski definition) is 3. The van der Waals surface area contributed by atoms with Crippen LogP contribution in [0.4, 0.5) is 0 Å². The Morgan fingerprint density at radius 2 is 2.07 bits per heavy atom. The van der Waals surface area contributed by atoms with Crippen molar-refractivity contribution in [3.8, 4) is 0 Å². The van der Waals surface area contributed by atoms with Crippen LogP contribution in [-0.2, 0) is 9.63 Å². The van der Waals surface area contributed by atoms with E-state index in [0.717, 1.165) is 17.7 Å². The van der Waals surface area contributed by atoms with Crippen LogP contribution in [0.3, 0.4) is 0 Å². The summed E-state index contributed by atoms with van der Waals surface area (Å²) < 4.78 is 0. The fourth-order valence-corrected chi connectivity index (χ4v) is 2.28. The summed E-state index contributed by atoms with van der Waals surface area (Å²) in [5.74, 6) is 0.146. The molecule has 0 spiro atoms. The number of rotatable bonds is 1. The maximum atomic E-state index is 11.7. The molecule has 15 heavy (non-hydrogen) atoms. The first kappa shape index (κ1) is 8.65. The summed E-state index contributed by atoms with van der Waals surface area (Å²) in [6.45, 7) is 0. The average Bonchev–Trinajstić information content (AvgIpc) is 2.84. The third-order valence-corrected chi connectivity index (χ3v) is 3.04. The molecule has 1 saturated carbocycles. The van der Waals surface area contributed by atoms with Crippen LogP contribution in [0.1, 0.15) is 18.4 Å². The predicted molar refractivity (Wildman–Crippen MR) is 55.6 cm³/mol. The van der Waals surface area contributed by atoms with Crippen molar-refractivity contribution >= 4 is 11.5 Å². The Bertz CT molecular complexity index is 425. The van der Waals surface area contributed by atoms with Gasteiger partial charge in [0.15, 0.2) is 0 Å². The molecule has 0 N–H and O–H groups in total. The van der Waals surface area contributed by atoms with Gasteiger partial charge in [0, 0.05) is 12.0 Å². The molecule has 1 fully saturated rings. The fourth-order valence-electron chi connectivity index (χ4n) is 2.28. The van der Waals surface area contributed by atoms with Crippen molar-refractivity contribution in [1.82, 2.24) is 0 Å². The van der Waals surface area contributed by atoms with E-state index >= 15 is 0 Å². The lowest BCUT2D eigenvalue weighted by molar-refractivity contribution is -0.119. The molecule has 0 radical (unpaired) electrons. The van der Waals surface area contributed by atoms with Crippen LogP contribution in [0, 0.1) is 5.92 Å². The molecule has 2 atom stereocenters. The minimum atomic E-state index is -0.118. The van der Waals surface area contributed by atoms with Gasteiger partial charge < -0.3 is 4.84 Å². The summed E-state index contributed by atoms with van der Waals surface area (Å²) in [5, 5.41) is 4.04. The van der Waals surface area contributed by atoms with Gasteiger partial charge in [-0.1, -0.05) is 35.5 Å². The second kappa shape index (κ2) is 3.19. The summed E-state index contributed by atoms with van der Waals surface area (Å²) in [4.78, 5) is 17.0. The average molecular weight is 201 g/mol. The summed E-state index contributed by atoms with van der Waals surface area (Å²) >= 11 is 0. The molecule has 76 valence electrons. The third kappa shape index (κ3) is 1.27. The van der Waals surface area contributed by atoms with Gasteiger partial charge in [0.05, 0.1) is 0 Å². The summed E-state index contributed by atoms with van der Waals surface area (Å²) in [5.41, 5.74) is 1.81. The minimum Gasteiger partial charge on any atom is -0.391 e. The number of fused-ring (bicyclic) bond motifs is 1. The molecule has 2 aliphatic rings. The van der Waals surface area contributed by atoms with Crippen molar-refractivity contribution in [2.45, 2.75) is 18.9 Å². The molecule has 3 rings (SSSR count). The number of hydrogen-bond donors (Lipinski definition) is 0.